The lowest BCUT2D eigenvalue weighted by molar-refractivity contribution is -0.137. The molecule has 2 aliphatic heterocycles. The number of carbonyl (C=O) groups excluding carboxylic acids is 2. The fourth-order valence-electron chi connectivity index (χ4n) is 3.60. The van der Waals surface area contributed by atoms with Gasteiger partial charge in [-0.15, -0.1) is 0 Å². The first-order valence-electron chi connectivity index (χ1n) is 8.72. The average molecular weight is 294 g/mol. The molecule has 2 fully saturated rings. The van der Waals surface area contributed by atoms with Crippen LogP contribution >= 0.6 is 0 Å². The third kappa shape index (κ3) is 4.21. The SMILES string of the molecule is CCC(CC)C(=O)N1CCC(CC(=O)N2CCCC2)CC1. The van der Waals surface area contributed by atoms with E-state index in [4.69, 9.17) is 0 Å². The van der Waals surface area contributed by atoms with E-state index in [2.05, 4.69) is 13.8 Å². The van der Waals surface area contributed by atoms with Crippen molar-refractivity contribution in [1.82, 2.24) is 9.80 Å². The van der Waals surface area contributed by atoms with Crippen LogP contribution in [0.25, 0.3) is 0 Å². The van der Waals surface area contributed by atoms with E-state index < -0.39 is 0 Å². The monoisotopic (exact) mass is 294 g/mol. The molecule has 2 amide bonds. The largest absolute Gasteiger partial charge is 0.343 e. The molecule has 0 atom stereocenters. The fourth-order valence-corrected chi connectivity index (χ4v) is 3.60. The molecule has 0 bridgehead atoms. The highest BCUT2D eigenvalue weighted by atomic mass is 16.2. The van der Waals surface area contributed by atoms with Crippen LogP contribution in [0.5, 0.6) is 0 Å². The second kappa shape index (κ2) is 7.81. The molecule has 2 heterocycles. The van der Waals surface area contributed by atoms with E-state index in [1.54, 1.807) is 0 Å². The maximum atomic E-state index is 12.3. The van der Waals surface area contributed by atoms with Crippen LogP contribution in [-0.4, -0.2) is 47.8 Å². The summed E-state index contributed by atoms with van der Waals surface area (Å²) in [6, 6.07) is 0. The van der Waals surface area contributed by atoms with Gasteiger partial charge in [-0.05, 0) is 44.4 Å². The van der Waals surface area contributed by atoms with E-state index in [1.165, 1.54) is 0 Å². The van der Waals surface area contributed by atoms with Gasteiger partial charge in [-0.25, -0.2) is 0 Å². The second-order valence-electron chi connectivity index (χ2n) is 6.57. The molecule has 21 heavy (non-hydrogen) atoms. The van der Waals surface area contributed by atoms with Crippen LogP contribution in [0.15, 0.2) is 0 Å². The lowest BCUT2D eigenvalue weighted by atomic mass is 9.91. The Kier molecular flexibility index (Phi) is 6.07. The molecule has 2 saturated heterocycles. The van der Waals surface area contributed by atoms with Crippen LogP contribution in [0.2, 0.25) is 0 Å². The average Bonchev–Trinajstić information content (AvgIpc) is 3.03. The number of piperidine rings is 1. The Bertz CT molecular complexity index is 352. The van der Waals surface area contributed by atoms with E-state index in [-0.39, 0.29) is 5.92 Å². The van der Waals surface area contributed by atoms with Gasteiger partial charge >= 0.3 is 0 Å². The van der Waals surface area contributed by atoms with Gasteiger partial charge in [0.1, 0.15) is 0 Å². The summed E-state index contributed by atoms with van der Waals surface area (Å²) >= 11 is 0. The second-order valence-corrected chi connectivity index (χ2v) is 6.57. The lowest BCUT2D eigenvalue weighted by Crippen LogP contribution is -2.42. The Balaban J connectivity index is 1.75. The highest BCUT2D eigenvalue weighted by molar-refractivity contribution is 5.79. The van der Waals surface area contributed by atoms with E-state index in [0.29, 0.717) is 24.2 Å². The number of nitrogens with zero attached hydrogens (tertiary/aromatic N) is 2. The Labute approximate surface area is 128 Å². The minimum atomic E-state index is 0.188. The Morgan fingerprint density at radius 1 is 0.952 bits per heavy atom. The van der Waals surface area contributed by atoms with E-state index in [0.717, 1.165) is 64.7 Å². The first-order valence-corrected chi connectivity index (χ1v) is 8.72. The van der Waals surface area contributed by atoms with Crippen molar-refractivity contribution in [2.75, 3.05) is 26.2 Å². The molecule has 0 aromatic carbocycles. The van der Waals surface area contributed by atoms with Crippen molar-refractivity contribution in [1.29, 1.82) is 0 Å². The molecule has 0 saturated carbocycles. The van der Waals surface area contributed by atoms with Crippen molar-refractivity contribution < 1.29 is 9.59 Å². The third-order valence-electron chi connectivity index (χ3n) is 5.18. The van der Waals surface area contributed by atoms with Crippen molar-refractivity contribution in [3.05, 3.63) is 0 Å². The maximum Gasteiger partial charge on any atom is 0.225 e. The van der Waals surface area contributed by atoms with Gasteiger partial charge in [0.2, 0.25) is 11.8 Å². The van der Waals surface area contributed by atoms with Gasteiger partial charge in [-0.3, -0.25) is 9.59 Å². The number of rotatable bonds is 5. The van der Waals surface area contributed by atoms with Crippen LogP contribution in [-0.2, 0) is 9.59 Å². The first kappa shape index (κ1) is 16.3. The van der Waals surface area contributed by atoms with Crippen LogP contribution in [0.1, 0.15) is 58.8 Å². The Morgan fingerprint density at radius 3 is 2.05 bits per heavy atom. The number of carbonyl (C=O) groups is 2. The van der Waals surface area contributed by atoms with Gasteiger partial charge in [0.05, 0.1) is 0 Å². The zero-order valence-corrected chi connectivity index (χ0v) is 13.6. The molecule has 120 valence electrons. The van der Waals surface area contributed by atoms with Crippen LogP contribution in [0.4, 0.5) is 0 Å². The third-order valence-corrected chi connectivity index (χ3v) is 5.18. The maximum absolute atomic E-state index is 12.3. The van der Waals surface area contributed by atoms with E-state index in [9.17, 15) is 9.59 Å². The zero-order valence-electron chi connectivity index (χ0n) is 13.6. The quantitative estimate of drug-likeness (QED) is 0.782. The van der Waals surface area contributed by atoms with Crippen molar-refractivity contribution in [2.24, 2.45) is 11.8 Å². The zero-order chi connectivity index (χ0) is 15.2. The highest BCUT2D eigenvalue weighted by Gasteiger charge is 2.28. The summed E-state index contributed by atoms with van der Waals surface area (Å²) in [6.07, 6.45) is 6.86. The molecular formula is C17H30N2O2. The van der Waals surface area contributed by atoms with Crippen LogP contribution < -0.4 is 0 Å². The summed E-state index contributed by atoms with van der Waals surface area (Å²) in [5.41, 5.74) is 0. The topological polar surface area (TPSA) is 40.6 Å². The van der Waals surface area contributed by atoms with Crippen molar-refractivity contribution in [2.45, 2.75) is 58.8 Å². The van der Waals surface area contributed by atoms with Gasteiger partial charge in [-0.1, -0.05) is 13.8 Å². The van der Waals surface area contributed by atoms with E-state index in [1.807, 2.05) is 9.80 Å². The van der Waals surface area contributed by atoms with Gasteiger partial charge in [0, 0.05) is 38.5 Å². The molecule has 0 unspecified atom stereocenters. The first-order chi connectivity index (χ1) is 10.2. The van der Waals surface area contributed by atoms with Gasteiger partial charge < -0.3 is 9.80 Å². The minimum absolute atomic E-state index is 0.188. The summed E-state index contributed by atoms with van der Waals surface area (Å²) in [5, 5.41) is 0. The summed E-state index contributed by atoms with van der Waals surface area (Å²) in [7, 11) is 0. The number of likely N-dealkylation sites (tertiary alicyclic amines) is 2. The lowest BCUT2D eigenvalue weighted by Gasteiger charge is -2.34. The molecule has 2 rings (SSSR count). The molecule has 4 nitrogen and oxygen atoms in total. The van der Waals surface area contributed by atoms with Crippen molar-refractivity contribution in [3.8, 4) is 0 Å². The summed E-state index contributed by atoms with van der Waals surface area (Å²) < 4.78 is 0. The normalized spacial score (nSPS) is 20.3. The molecule has 0 aromatic heterocycles. The van der Waals surface area contributed by atoms with Crippen LogP contribution in [0.3, 0.4) is 0 Å². The number of hydrogen-bond donors (Lipinski definition) is 0. The summed E-state index contributed by atoms with van der Waals surface area (Å²) in [5.74, 6) is 1.32. The van der Waals surface area contributed by atoms with E-state index >= 15 is 0 Å². The van der Waals surface area contributed by atoms with Gasteiger partial charge in [0.25, 0.3) is 0 Å². The molecular weight excluding hydrogens is 264 g/mol. The summed E-state index contributed by atoms with van der Waals surface area (Å²) in [4.78, 5) is 28.6. The molecule has 0 aliphatic carbocycles. The standard InChI is InChI=1S/C17H30N2O2/c1-3-15(4-2)17(21)19-11-7-14(8-12-19)13-16(20)18-9-5-6-10-18/h14-15H,3-13H2,1-2H3. The Morgan fingerprint density at radius 2 is 1.52 bits per heavy atom. The van der Waals surface area contributed by atoms with Crippen molar-refractivity contribution in [3.63, 3.8) is 0 Å². The van der Waals surface area contributed by atoms with Gasteiger partial charge in [0.15, 0.2) is 0 Å². The van der Waals surface area contributed by atoms with Crippen molar-refractivity contribution >= 4 is 11.8 Å². The molecule has 2 aliphatic rings. The molecule has 4 heteroatoms. The predicted molar refractivity (Wildman–Crippen MR) is 83.8 cm³/mol. The number of amides is 2. The molecule has 0 radical (unpaired) electrons. The van der Waals surface area contributed by atoms with Gasteiger partial charge in [-0.2, -0.15) is 0 Å². The fraction of sp³-hybridized carbons (Fsp3) is 0.882. The van der Waals surface area contributed by atoms with Crippen LogP contribution in [0, 0.1) is 11.8 Å². The predicted octanol–water partition coefficient (Wildman–Crippen LogP) is 2.67. The number of hydrogen-bond acceptors (Lipinski definition) is 2. The smallest absolute Gasteiger partial charge is 0.225 e. The summed E-state index contributed by atoms with van der Waals surface area (Å²) in [6.45, 7) is 7.76. The minimum Gasteiger partial charge on any atom is -0.343 e. The molecule has 0 spiro atoms. The highest BCUT2D eigenvalue weighted by Crippen LogP contribution is 2.24. The molecule has 0 N–H and O–H groups in total. The Hall–Kier alpha value is -1.06. The molecule has 0 aromatic rings.